The molecule has 0 atom stereocenters. The van der Waals surface area contributed by atoms with Gasteiger partial charge in [-0.3, -0.25) is 0 Å². The van der Waals surface area contributed by atoms with Gasteiger partial charge in [-0.05, 0) is 17.7 Å². The van der Waals surface area contributed by atoms with E-state index in [0.29, 0.717) is 0 Å². The van der Waals surface area contributed by atoms with Gasteiger partial charge in [-0.1, -0.05) is 30.7 Å². The third kappa shape index (κ3) is 5.29. The molecule has 0 aromatic heterocycles. The number of hydrogen-bond donors (Lipinski definition) is 0. The molecule has 126 valence electrons. The van der Waals surface area contributed by atoms with E-state index in [1.165, 1.54) is 12.1 Å². The summed E-state index contributed by atoms with van der Waals surface area (Å²) in [6, 6.07) is 15.3. The SMILES string of the molecule is Cc1cc2c(-c3ccc(C(F)(F)F)cc3)cccc2[cH-]1.[Cl-].[Cl-].[Cl-].[Zr+4]. The van der Waals surface area contributed by atoms with Crippen molar-refractivity contribution in [3.8, 4) is 11.1 Å². The monoisotopic (exact) mass is 468 g/mol. The number of halogens is 6. The second kappa shape index (κ2) is 9.92. The molecular formula is C17H12Cl3F3Zr. The zero-order valence-electron chi connectivity index (χ0n) is 12.5. The summed E-state index contributed by atoms with van der Waals surface area (Å²) < 4.78 is 37.7. The smallest absolute Gasteiger partial charge is 1.00 e. The maximum Gasteiger partial charge on any atom is 4.00 e. The van der Waals surface area contributed by atoms with Crippen LogP contribution in [0.4, 0.5) is 13.2 Å². The number of fused-ring (bicyclic) bond motifs is 1. The molecule has 0 heterocycles. The van der Waals surface area contributed by atoms with Crippen LogP contribution >= 0.6 is 0 Å². The van der Waals surface area contributed by atoms with E-state index in [-0.39, 0.29) is 63.4 Å². The van der Waals surface area contributed by atoms with Gasteiger partial charge >= 0.3 is 32.4 Å². The molecular weight excluding hydrogens is 459 g/mol. The first-order chi connectivity index (χ1) is 9.45. The summed E-state index contributed by atoms with van der Waals surface area (Å²) in [5.41, 5.74) is 2.30. The Kier molecular flexibility index (Phi) is 10.7. The van der Waals surface area contributed by atoms with Gasteiger partial charge < -0.3 is 37.2 Å². The standard InChI is InChI=1S/C17H12F3.3ClH.Zr/c1-11-9-13-3-2-4-15(16(13)10-11)12-5-7-14(8-6-12)17(18,19)20;;;;/h2-10H,1H3;3*1H;/q-1;;;;+4/p-3. The van der Waals surface area contributed by atoms with Crippen LogP contribution in [0.1, 0.15) is 11.1 Å². The van der Waals surface area contributed by atoms with Gasteiger partial charge in [-0.2, -0.15) is 19.2 Å². The van der Waals surface area contributed by atoms with Crippen molar-refractivity contribution in [2.24, 2.45) is 0 Å². The van der Waals surface area contributed by atoms with Crippen LogP contribution in [-0.2, 0) is 32.4 Å². The van der Waals surface area contributed by atoms with Crippen LogP contribution in [0.5, 0.6) is 0 Å². The second-order valence-electron chi connectivity index (χ2n) is 4.92. The maximum atomic E-state index is 12.6. The van der Waals surface area contributed by atoms with Gasteiger partial charge in [0, 0.05) is 0 Å². The van der Waals surface area contributed by atoms with Crippen LogP contribution in [0.25, 0.3) is 21.9 Å². The van der Waals surface area contributed by atoms with E-state index in [0.717, 1.165) is 39.6 Å². The molecule has 0 saturated carbocycles. The van der Waals surface area contributed by atoms with Gasteiger partial charge in [0.05, 0.1) is 5.56 Å². The minimum absolute atomic E-state index is 0. The van der Waals surface area contributed by atoms with Crippen LogP contribution in [0.15, 0.2) is 54.6 Å². The summed E-state index contributed by atoms with van der Waals surface area (Å²) >= 11 is 0. The van der Waals surface area contributed by atoms with E-state index >= 15 is 0 Å². The number of benzene rings is 2. The molecule has 3 aromatic carbocycles. The van der Waals surface area contributed by atoms with Gasteiger partial charge in [0.25, 0.3) is 0 Å². The minimum Gasteiger partial charge on any atom is -1.00 e. The third-order valence-electron chi connectivity index (χ3n) is 3.42. The molecule has 0 nitrogen and oxygen atoms in total. The van der Waals surface area contributed by atoms with E-state index in [2.05, 4.69) is 12.1 Å². The van der Waals surface area contributed by atoms with Crippen molar-refractivity contribution in [1.82, 2.24) is 0 Å². The molecule has 0 spiro atoms. The molecule has 0 saturated heterocycles. The average molecular weight is 471 g/mol. The first-order valence-electron chi connectivity index (χ1n) is 6.29. The molecule has 0 fully saturated rings. The molecule has 3 aromatic rings. The summed E-state index contributed by atoms with van der Waals surface area (Å²) in [5.74, 6) is 0. The molecule has 0 aliphatic heterocycles. The Bertz CT molecular complexity index is 765. The van der Waals surface area contributed by atoms with Gasteiger partial charge in [0.2, 0.25) is 0 Å². The van der Waals surface area contributed by atoms with Crippen LogP contribution in [0.2, 0.25) is 0 Å². The average Bonchev–Trinajstić information content (AvgIpc) is 2.78. The quantitative estimate of drug-likeness (QED) is 0.325. The fourth-order valence-corrected chi connectivity index (χ4v) is 2.48. The number of rotatable bonds is 1. The summed E-state index contributed by atoms with van der Waals surface area (Å²) in [6.07, 6.45) is -4.29. The van der Waals surface area contributed by atoms with Crippen LogP contribution in [-0.4, -0.2) is 0 Å². The van der Waals surface area contributed by atoms with E-state index in [1.54, 1.807) is 0 Å². The normalized spacial score (nSPS) is 10.0. The Morgan fingerprint density at radius 3 is 2.00 bits per heavy atom. The number of aryl methyl sites for hydroxylation is 1. The molecule has 0 bridgehead atoms. The fourth-order valence-electron chi connectivity index (χ4n) is 2.48. The Labute approximate surface area is 176 Å². The molecule has 3 rings (SSSR count). The maximum absolute atomic E-state index is 12.6. The van der Waals surface area contributed by atoms with Gasteiger partial charge in [0.15, 0.2) is 0 Å². The zero-order valence-corrected chi connectivity index (χ0v) is 17.2. The molecule has 0 N–H and O–H groups in total. The molecule has 0 amide bonds. The van der Waals surface area contributed by atoms with Crippen molar-refractivity contribution in [2.75, 3.05) is 0 Å². The topological polar surface area (TPSA) is 0 Å². The van der Waals surface area contributed by atoms with Gasteiger partial charge in [-0.25, -0.2) is 0 Å². The molecule has 0 aliphatic carbocycles. The van der Waals surface area contributed by atoms with E-state index in [1.807, 2.05) is 25.1 Å². The Balaban J connectivity index is 0. The first-order valence-corrected chi connectivity index (χ1v) is 6.29. The number of hydrogen-bond acceptors (Lipinski definition) is 0. The van der Waals surface area contributed by atoms with Gasteiger partial charge in [0.1, 0.15) is 0 Å². The fraction of sp³-hybridized carbons (Fsp3) is 0.118. The zero-order chi connectivity index (χ0) is 14.3. The summed E-state index contributed by atoms with van der Waals surface area (Å²) in [4.78, 5) is 0. The molecule has 0 radical (unpaired) electrons. The van der Waals surface area contributed by atoms with Crippen molar-refractivity contribution in [3.63, 3.8) is 0 Å². The minimum atomic E-state index is -4.29. The largest absolute Gasteiger partial charge is 4.00 e. The van der Waals surface area contributed by atoms with Crippen LogP contribution in [0, 0.1) is 6.92 Å². The van der Waals surface area contributed by atoms with Crippen molar-refractivity contribution >= 4 is 10.8 Å². The van der Waals surface area contributed by atoms with Crippen LogP contribution < -0.4 is 37.2 Å². The van der Waals surface area contributed by atoms with Crippen molar-refractivity contribution < 1.29 is 76.6 Å². The van der Waals surface area contributed by atoms with E-state index in [9.17, 15) is 13.2 Å². The molecule has 0 unspecified atom stereocenters. The Morgan fingerprint density at radius 2 is 1.46 bits per heavy atom. The summed E-state index contributed by atoms with van der Waals surface area (Å²) in [5, 5.41) is 2.18. The van der Waals surface area contributed by atoms with Crippen molar-refractivity contribution in [3.05, 3.63) is 65.7 Å². The number of alkyl halides is 3. The van der Waals surface area contributed by atoms with Crippen molar-refractivity contribution in [2.45, 2.75) is 13.1 Å². The van der Waals surface area contributed by atoms with Crippen molar-refractivity contribution in [1.29, 1.82) is 0 Å². The van der Waals surface area contributed by atoms with E-state index < -0.39 is 11.7 Å². The van der Waals surface area contributed by atoms with Crippen LogP contribution in [0.3, 0.4) is 0 Å². The predicted molar refractivity (Wildman–Crippen MR) is 74.7 cm³/mol. The Hall–Kier alpha value is -0.407. The Morgan fingerprint density at radius 1 is 0.875 bits per heavy atom. The predicted octanol–water partition coefficient (Wildman–Crippen LogP) is -3.44. The van der Waals surface area contributed by atoms with Gasteiger partial charge in [-0.15, -0.1) is 34.5 Å². The molecule has 0 aliphatic rings. The first kappa shape index (κ1) is 25.8. The molecule has 24 heavy (non-hydrogen) atoms. The summed E-state index contributed by atoms with van der Waals surface area (Å²) in [6.45, 7) is 2.01. The molecule has 7 heteroatoms. The summed E-state index contributed by atoms with van der Waals surface area (Å²) in [7, 11) is 0. The van der Waals surface area contributed by atoms with E-state index in [4.69, 9.17) is 0 Å². The third-order valence-corrected chi connectivity index (χ3v) is 3.42. The second-order valence-corrected chi connectivity index (χ2v) is 4.92.